The van der Waals surface area contributed by atoms with Gasteiger partial charge in [0.1, 0.15) is 5.82 Å². The first-order valence-corrected chi connectivity index (χ1v) is 3.39. The molecular formula is C8H6F2O3. The molecule has 0 heterocycles. The minimum atomic E-state index is -1.22. The van der Waals surface area contributed by atoms with Gasteiger partial charge in [-0.2, -0.15) is 0 Å². The second kappa shape index (κ2) is 3.84. The van der Waals surface area contributed by atoms with Crippen molar-refractivity contribution >= 4 is 5.97 Å². The van der Waals surface area contributed by atoms with E-state index in [1.807, 2.05) is 0 Å². The van der Waals surface area contributed by atoms with E-state index in [0.717, 1.165) is 12.1 Å². The van der Waals surface area contributed by atoms with Crippen LogP contribution in [-0.4, -0.2) is 17.7 Å². The largest absolute Gasteiger partial charge is 0.479 e. The van der Waals surface area contributed by atoms with Gasteiger partial charge in [0.15, 0.2) is 18.2 Å². The molecule has 0 aromatic heterocycles. The van der Waals surface area contributed by atoms with Gasteiger partial charge in [0.25, 0.3) is 0 Å². The molecule has 0 amide bonds. The second-order valence-corrected chi connectivity index (χ2v) is 2.26. The maximum absolute atomic E-state index is 12.7. The molecule has 1 rings (SSSR count). The molecule has 13 heavy (non-hydrogen) atoms. The first kappa shape index (κ1) is 9.44. The third kappa shape index (κ3) is 2.70. The third-order valence-corrected chi connectivity index (χ3v) is 1.25. The summed E-state index contributed by atoms with van der Waals surface area (Å²) in [5.74, 6) is -3.14. The summed E-state index contributed by atoms with van der Waals surface area (Å²) < 4.78 is 29.6. The fraction of sp³-hybridized carbons (Fsp3) is 0.125. The van der Waals surface area contributed by atoms with E-state index >= 15 is 0 Å². The van der Waals surface area contributed by atoms with E-state index in [9.17, 15) is 13.6 Å². The lowest BCUT2D eigenvalue weighted by Crippen LogP contribution is -2.10. The summed E-state index contributed by atoms with van der Waals surface area (Å²) in [6.07, 6.45) is 0. The summed E-state index contributed by atoms with van der Waals surface area (Å²) in [6, 6.07) is 2.64. The molecule has 0 aliphatic heterocycles. The van der Waals surface area contributed by atoms with Crippen LogP contribution in [0.4, 0.5) is 8.78 Å². The van der Waals surface area contributed by atoms with Crippen LogP contribution in [0.15, 0.2) is 18.2 Å². The molecule has 3 nitrogen and oxygen atoms in total. The molecule has 0 atom stereocenters. The predicted octanol–water partition coefficient (Wildman–Crippen LogP) is 1.43. The number of benzene rings is 1. The Morgan fingerprint density at radius 3 is 2.69 bits per heavy atom. The maximum atomic E-state index is 12.7. The Bertz CT molecular complexity index is 325. The summed E-state index contributed by atoms with van der Waals surface area (Å²) >= 11 is 0. The van der Waals surface area contributed by atoms with Gasteiger partial charge in [0, 0.05) is 6.07 Å². The van der Waals surface area contributed by atoms with Gasteiger partial charge in [0.05, 0.1) is 0 Å². The average molecular weight is 188 g/mol. The molecule has 0 radical (unpaired) electrons. The monoisotopic (exact) mass is 188 g/mol. The number of carbonyl (C=O) groups is 1. The quantitative estimate of drug-likeness (QED) is 0.780. The van der Waals surface area contributed by atoms with Crippen molar-refractivity contribution in [1.82, 2.24) is 0 Å². The number of ether oxygens (including phenoxy) is 1. The van der Waals surface area contributed by atoms with E-state index in [-0.39, 0.29) is 5.75 Å². The van der Waals surface area contributed by atoms with Gasteiger partial charge in [-0.25, -0.2) is 13.6 Å². The zero-order chi connectivity index (χ0) is 9.84. The van der Waals surface area contributed by atoms with Gasteiger partial charge in [0.2, 0.25) is 0 Å². The molecule has 0 spiro atoms. The van der Waals surface area contributed by atoms with Gasteiger partial charge in [-0.15, -0.1) is 0 Å². The first-order valence-electron chi connectivity index (χ1n) is 3.39. The maximum Gasteiger partial charge on any atom is 0.341 e. The SMILES string of the molecule is O=C(O)COc1ccc(F)cc1F. The van der Waals surface area contributed by atoms with E-state index in [1.165, 1.54) is 0 Å². The number of hydrogen-bond donors (Lipinski definition) is 1. The molecular weight excluding hydrogens is 182 g/mol. The van der Waals surface area contributed by atoms with Crippen LogP contribution in [0.25, 0.3) is 0 Å². The zero-order valence-electron chi connectivity index (χ0n) is 6.46. The number of aliphatic carboxylic acids is 1. The highest BCUT2D eigenvalue weighted by Gasteiger charge is 2.06. The molecule has 1 N–H and O–H groups in total. The number of halogens is 2. The van der Waals surface area contributed by atoms with E-state index < -0.39 is 24.2 Å². The van der Waals surface area contributed by atoms with Crippen molar-refractivity contribution in [2.45, 2.75) is 0 Å². The van der Waals surface area contributed by atoms with Crippen LogP contribution in [0.1, 0.15) is 0 Å². The minimum Gasteiger partial charge on any atom is -0.479 e. The Labute approximate surface area is 72.6 Å². The van der Waals surface area contributed by atoms with E-state index in [0.29, 0.717) is 6.07 Å². The van der Waals surface area contributed by atoms with Gasteiger partial charge < -0.3 is 9.84 Å². The number of hydrogen-bond acceptors (Lipinski definition) is 2. The van der Waals surface area contributed by atoms with Crippen LogP contribution in [0.2, 0.25) is 0 Å². The van der Waals surface area contributed by atoms with Gasteiger partial charge in [-0.1, -0.05) is 0 Å². The molecule has 0 bridgehead atoms. The van der Waals surface area contributed by atoms with Crippen LogP contribution in [0.3, 0.4) is 0 Å². The minimum absolute atomic E-state index is 0.274. The first-order chi connectivity index (χ1) is 6.09. The van der Waals surface area contributed by atoms with Crippen molar-refractivity contribution in [3.63, 3.8) is 0 Å². The van der Waals surface area contributed by atoms with E-state index in [4.69, 9.17) is 5.11 Å². The lowest BCUT2D eigenvalue weighted by molar-refractivity contribution is -0.139. The molecule has 0 fully saturated rings. The highest BCUT2D eigenvalue weighted by molar-refractivity contribution is 5.68. The molecule has 0 aliphatic rings. The molecule has 0 saturated heterocycles. The summed E-state index contributed by atoms with van der Waals surface area (Å²) in [4.78, 5) is 10.0. The number of carboxylic acids is 1. The molecule has 0 aliphatic carbocycles. The Hall–Kier alpha value is -1.65. The third-order valence-electron chi connectivity index (χ3n) is 1.25. The van der Waals surface area contributed by atoms with Crippen molar-refractivity contribution < 1.29 is 23.4 Å². The number of carboxylic acid groups (broad SMARTS) is 1. The Morgan fingerprint density at radius 2 is 2.15 bits per heavy atom. The van der Waals surface area contributed by atoms with Crippen molar-refractivity contribution in [2.24, 2.45) is 0 Å². The van der Waals surface area contributed by atoms with Crippen molar-refractivity contribution in [2.75, 3.05) is 6.61 Å². The second-order valence-electron chi connectivity index (χ2n) is 2.26. The lowest BCUT2D eigenvalue weighted by Gasteiger charge is -2.03. The van der Waals surface area contributed by atoms with E-state index in [2.05, 4.69) is 4.74 Å². The van der Waals surface area contributed by atoms with Crippen LogP contribution < -0.4 is 4.74 Å². The summed E-state index contributed by atoms with van der Waals surface area (Å²) in [6.45, 7) is -0.650. The molecule has 0 unspecified atom stereocenters. The summed E-state index contributed by atoms with van der Waals surface area (Å²) in [7, 11) is 0. The molecule has 0 saturated carbocycles. The highest BCUT2D eigenvalue weighted by Crippen LogP contribution is 2.17. The Balaban J connectivity index is 2.72. The molecule has 1 aromatic rings. The zero-order valence-corrected chi connectivity index (χ0v) is 6.46. The number of rotatable bonds is 3. The standard InChI is InChI=1S/C8H6F2O3/c9-5-1-2-7(6(10)3-5)13-4-8(11)12/h1-3H,4H2,(H,11,12). The van der Waals surface area contributed by atoms with Gasteiger partial charge >= 0.3 is 5.97 Å². The van der Waals surface area contributed by atoms with Crippen molar-refractivity contribution in [1.29, 1.82) is 0 Å². The van der Waals surface area contributed by atoms with E-state index in [1.54, 1.807) is 0 Å². The van der Waals surface area contributed by atoms with Crippen molar-refractivity contribution in [3.05, 3.63) is 29.8 Å². The summed E-state index contributed by atoms with van der Waals surface area (Å²) in [5.41, 5.74) is 0. The average Bonchev–Trinajstić information content (AvgIpc) is 2.02. The van der Waals surface area contributed by atoms with Crippen molar-refractivity contribution in [3.8, 4) is 5.75 Å². The molecule has 70 valence electrons. The molecule has 5 heteroatoms. The van der Waals surface area contributed by atoms with Gasteiger partial charge in [-0.05, 0) is 12.1 Å². The Kier molecular flexibility index (Phi) is 2.79. The topological polar surface area (TPSA) is 46.5 Å². The molecule has 1 aromatic carbocycles. The lowest BCUT2D eigenvalue weighted by atomic mass is 10.3. The normalized spacial score (nSPS) is 9.69. The smallest absolute Gasteiger partial charge is 0.341 e. The fourth-order valence-corrected chi connectivity index (χ4v) is 0.732. The Morgan fingerprint density at radius 1 is 1.46 bits per heavy atom. The van der Waals surface area contributed by atoms with Crippen LogP contribution in [0.5, 0.6) is 5.75 Å². The van der Waals surface area contributed by atoms with Crippen LogP contribution in [0, 0.1) is 11.6 Å². The van der Waals surface area contributed by atoms with Crippen LogP contribution in [-0.2, 0) is 4.79 Å². The fourth-order valence-electron chi connectivity index (χ4n) is 0.732. The van der Waals surface area contributed by atoms with Crippen LogP contribution >= 0.6 is 0 Å². The van der Waals surface area contributed by atoms with Gasteiger partial charge in [-0.3, -0.25) is 0 Å². The highest BCUT2D eigenvalue weighted by atomic mass is 19.1. The predicted molar refractivity (Wildman–Crippen MR) is 39.5 cm³/mol. The summed E-state index contributed by atoms with van der Waals surface area (Å²) in [5, 5.41) is 8.20.